The number of aliphatic hydroxyl groups is 5. The van der Waals surface area contributed by atoms with E-state index in [1.165, 1.54) is 0 Å². The molecule has 1 aliphatic carbocycles. The zero-order valence-corrected chi connectivity index (χ0v) is 16.5. The first-order chi connectivity index (χ1) is 12.4. The van der Waals surface area contributed by atoms with Crippen molar-refractivity contribution in [3.05, 3.63) is 0 Å². The second-order valence-electron chi connectivity index (χ2n) is 9.43. The number of hydrogen-bond acceptors (Lipinski definition) is 8. The molecule has 5 N–H and O–H groups in total. The van der Waals surface area contributed by atoms with Gasteiger partial charge in [-0.2, -0.15) is 0 Å². The van der Waals surface area contributed by atoms with Crippen LogP contribution in [0.4, 0.5) is 0 Å². The minimum absolute atomic E-state index is 0.0928. The molecule has 1 saturated carbocycles. The van der Waals surface area contributed by atoms with Gasteiger partial charge in [-0.25, -0.2) is 0 Å². The average Bonchev–Trinajstić information content (AvgIpc) is 2.95. The van der Waals surface area contributed by atoms with Crippen molar-refractivity contribution in [3.8, 4) is 0 Å². The van der Waals surface area contributed by atoms with Crippen LogP contribution >= 0.6 is 0 Å². The summed E-state index contributed by atoms with van der Waals surface area (Å²) in [5.41, 5.74) is -2.14. The normalized spacial score (nSPS) is 53.0. The van der Waals surface area contributed by atoms with Crippen molar-refractivity contribution in [2.24, 2.45) is 5.41 Å². The number of hydrogen-bond donors (Lipinski definition) is 5. The Kier molecular flexibility index (Phi) is 5.69. The summed E-state index contributed by atoms with van der Waals surface area (Å²) in [6.45, 7) is 7.29. The Morgan fingerprint density at radius 1 is 1.07 bits per heavy atom. The number of aliphatic hydroxyl groups excluding tert-OH is 4. The molecule has 0 bridgehead atoms. The van der Waals surface area contributed by atoms with Gasteiger partial charge in [0.2, 0.25) is 0 Å². The summed E-state index contributed by atoms with van der Waals surface area (Å²) in [6.07, 6.45) is -4.45. The summed E-state index contributed by atoms with van der Waals surface area (Å²) in [5, 5.41) is 50.7. The lowest BCUT2D eigenvalue weighted by Gasteiger charge is -2.55. The van der Waals surface area contributed by atoms with E-state index in [0.29, 0.717) is 6.42 Å². The van der Waals surface area contributed by atoms with Gasteiger partial charge in [-0.05, 0) is 38.5 Å². The molecule has 0 aromatic rings. The smallest absolute Gasteiger partial charge is 0.186 e. The lowest BCUT2D eigenvalue weighted by molar-refractivity contribution is -0.334. The summed E-state index contributed by atoms with van der Waals surface area (Å²) in [5.74, 6) is 0. The molecule has 2 aliphatic heterocycles. The monoisotopic (exact) mass is 390 g/mol. The van der Waals surface area contributed by atoms with Gasteiger partial charge in [0.15, 0.2) is 6.29 Å². The maximum Gasteiger partial charge on any atom is 0.186 e. The second kappa shape index (κ2) is 7.18. The fraction of sp³-hybridized carbons (Fsp3) is 1.00. The van der Waals surface area contributed by atoms with Gasteiger partial charge in [-0.3, -0.25) is 0 Å². The van der Waals surface area contributed by atoms with Crippen LogP contribution in [-0.4, -0.2) is 86.3 Å². The zero-order valence-electron chi connectivity index (χ0n) is 16.5. The van der Waals surface area contributed by atoms with Gasteiger partial charge in [-0.15, -0.1) is 0 Å². The van der Waals surface area contributed by atoms with Crippen molar-refractivity contribution < 1.29 is 39.7 Å². The molecule has 9 atom stereocenters. The predicted molar refractivity (Wildman–Crippen MR) is 94.8 cm³/mol. The van der Waals surface area contributed by atoms with E-state index in [0.717, 1.165) is 12.8 Å². The minimum Gasteiger partial charge on any atom is -0.394 e. The molecule has 0 amide bonds. The molecule has 3 aliphatic rings. The highest BCUT2D eigenvalue weighted by atomic mass is 16.7. The first-order valence-corrected chi connectivity index (χ1v) is 9.79. The van der Waals surface area contributed by atoms with Crippen LogP contribution in [0, 0.1) is 5.41 Å². The third kappa shape index (κ3) is 3.67. The molecule has 0 aromatic heterocycles. The van der Waals surface area contributed by atoms with Gasteiger partial charge < -0.3 is 39.7 Å². The van der Waals surface area contributed by atoms with Crippen LogP contribution in [0.15, 0.2) is 0 Å². The van der Waals surface area contributed by atoms with Crippen LogP contribution in [-0.2, 0) is 14.2 Å². The third-order valence-corrected chi connectivity index (χ3v) is 6.71. The van der Waals surface area contributed by atoms with Gasteiger partial charge in [0, 0.05) is 6.42 Å². The summed E-state index contributed by atoms with van der Waals surface area (Å²) < 4.78 is 17.7. The van der Waals surface area contributed by atoms with E-state index in [2.05, 4.69) is 0 Å². The van der Waals surface area contributed by atoms with Crippen LogP contribution in [0.25, 0.3) is 0 Å². The fourth-order valence-electron chi connectivity index (χ4n) is 4.90. The van der Waals surface area contributed by atoms with Crippen molar-refractivity contribution in [3.63, 3.8) is 0 Å². The van der Waals surface area contributed by atoms with Crippen molar-refractivity contribution in [1.82, 2.24) is 0 Å². The van der Waals surface area contributed by atoms with Crippen molar-refractivity contribution in [2.45, 2.75) is 107 Å². The van der Waals surface area contributed by atoms with Crippen LogP contribution < -0.4 is 0 Å². The van der Waals surface area contributed by atoms with Crippen LogP contribution in [0.3, 0.4) is 0 Å². The lowest BCUT2D eigenvalue weighted by atomic mass is 9.60. The van der Waals surface area contributed by atoms with Gasteiger partial charge in [0.05, 0.1) is 30.0 Å². The maximum atomic E-state index is 11.2. The first-order valence-electron chi connectivity index (χ1n) is 9.79. The molecule has 0 unspecified atom stereocenters. The zero-order chi connectivity index (χ0) is 20.2. The largest absolute Gasteiger partial charge is 0.394 e. The molecule has 2 heterocycles. The molecule has 8 heteroatoms. The molecule has 27 heavy (non-hydrogen) atoms. The molecule has 0 radical (unpaired) electrons. The SMILES string of the molecule is C[C@H]1CC[C@]2(CC(C)(C)[C@H](O[C@@H]3O[C@H](CO)[C@@H](O)[C@H](O)[C@H]3O)C[C@@]2(C)O)O1. The quantitative estimate of drug-likeness (QED) is 0.443. The third-order valence-electron chi connectivity index (χ3n) is 6.71. The average molecular weight is 390 g/mol. The number of ether oxygens (including phenoxy) is 3. The molecule has 8 nitrogen and oxygen atoms in total. The van der Waals surface area contributed by atoms with E-state index < -0.39 is 54.6 Å². The Balaban J connectivity index is 1.77. The molecule has 3 rings (SSSR count). The standard InChI is InChI=1S/C19H34O8/c1-10-5-6-19(27-10)9-17(2,3)12(7-18(19,4)24)26-16-15(23)14(22)13(21)11(8-20)25-16/h10-16,20-24H,5-9H2,1-4H3/t10-,11+,12+,13+,14-,15+,16-,18+,19+/m0/s1. The van der Waals surface area contributed by atoms with Gasteiger partial charge in [0.25, 0.3) is 0 Å². The summed E-state index contributed by atoms with van der Waals surface area (Å²) in [7, 11) is 0. The van der Waals surface area contributed by atoms with Crippen molar-refractivity contribution >= 4 is 0 Å². The van der Waals surface area contributed by atoms with Crippen molar-refractivity contribution in [1.29, 1.82) is 0 Å². The number of rotatable bonds is 3. The van der Waals surface area contributed by atoms with E-state index in [1.54, 1.807) is 6.92 Å². The Morgan fingerprint density at radius 3 is 2.30 bits per heavy atom. The minimum atomic E-state index is -1.49. The Labute approximate surface area is 160 Å². The summed E-state index contributed by atoms with van der Waals surface area (Å²) in [4.78, 5) is 0. The molecular formula is C19H34O8. The molecule has 158 valence electrons. The second-order valence-corrected chi connectivity index (χ2v) is 9.43. The maximum absolute atomic E-state index is 11.2. The van der Waals surface area contributed by atoms with Crippen LogP contribution in [0.5, 0.6) is 0 Å². The predicted octanol–water partition coefficient (Wildman–Crippen LogP) is -0.320. The van der Waals surface area contributed by atoms with E-state index in [-0.39, 0.29) is 17.9 Å². The topological polar surface area (TPSA) is 129 Å². The van der Waals surface area contributed by atoms with Crippen LogP contribution in [0.1, 0.15) is 53.4 Å². The Morgan fingerprint density at radius 2 is 1.74 bits per heavy atom. The first kappa shape index (κ1) is 21.4. The van der Waals surface area contributed by atoms with E-state index >= 15 is 0 Å². The van der Waals surface area contributed by atoms with Gasteiger partial charge in [-0.1, -0.05) is 13.8 Å². The summed E-state index contributed by atoms with van der Waals surface area (Å²) in [6, 6.07) is 0. The van der Waals surface area contributed by atoms with Gasteiger partial charge >= 0.3 is 0 Å². The molecule has 3 fully saturated rings. The summed E-state index contributed by atoms with van der Waals surface area (Å²) >= 11 is 0. The molecule has 2 saturated heterocycles. The van der Waals surface area contributed by atoms with E-state index in [4.69, 9.17) is 14.2 Å². The van der Waals surface area contributed by atoms with E-state index in [1.807, 2.05) is 20.8 Å². The van der Waals surface area contributed by atoms with Crippen molar-refractivity contribution in [2.75, 3.05) is 6.61 Å². The lowest BCUT2D eigenvalue weighted by Crippen LogP contribution is -2.65. The van der Waals surface area contributed by atoms with Crippen LogP contribution in [0.2, 0.25) is 0 Å². The Bertz CT molecular complexity index is 536. The highest BCUT2D eigenvalue weighted by molar-refractivity contribution is 5.11. The highest BCUT2D eigenvalue weighted by Gasteiger charge is 2.61. The molecule has 1 spiro atoms. The van der Waals surface area contributed by atoms with E-state index in [9.17, 15) is 25.5 Å². The fourth-order valence-corrected chi connectivity index (χ4v) is 4.90. The molecular weight excluding hydrogens is 356 g/mol. The highest BCUT2D eigenvalue weighted by Crippen LogP contribution is 2.54. The van der Waals surface area contributed by atoms with Gasteiger partial charge in [0.1, 0.15) is 24.4 Å². The molecule has 0 aromatic carbocycles. The Hall–Kier alpha value is -0.320.